The molecule has 5 heteroatoms. The van der Waals surface area contributed by atoms with Gasteiger partial charge in [-0.15, -0.1) is 11.3 Å². The summed E-state index contributed by atoms with van der Waals surface area (Å²) in [4.78, 5) is 17.5. The zero-order chi connectivity index (χ0) is 15.5. The lowest BCUT2D eigenvalue weighted by Gasteiger charge is -2.06. The van der Waals surface area contributed by atoms with Gasteiger partial charge >= 0.3 is 0 Å². The Kier molecular flexibility index (Phi) is 4.24. The number of carbonyl (C=O) groups is 1. The molecule has 1 N–H and O–H groups in total. The van der Waals surface area contributed by atoms with Crippen LogP contribution in [0.4, 0.5) is 5.69 Å². The van der Waals surface area contributed by atoms with Crippen LogP contribution in [-0.2, 0) is 4.79 Å². The number of hydrogen-bond donors (Lipinski definition) is 1. The largest absolute Gasteiger partial charge is 0.326 e. The van der Waals surface area contributed by atoms with Gasteiger partial charge in [0.05, 0.1) is 5.69 Å². The van der Waals surface area contributed by atoms with E-state index < -0.39 is 0 Å². The molecule has 0 fully saturated rings. The smallest absolute Gasteiger partial charge is 0.224 e. The molecule has 0 aliphatic carbocycles. The van der Waals surface area contributed by atoms with E-state index in [1.54, 1.807) is 11.3 Å². The first-order chi connectivity index (χ1) is 10.7. The number of amides is 1. The number of nitrogens with one attached hydrogen (secondary N) is 1. The third-order valence-corrected chi connectivity index (χ3v) is 4.55. The molecule has 2 heterocycles. The minimum Gasteiger partial charge on any atom is -0.326 e. The Morgan fingerprint density at radius 3 is 3.05 bits per heavy atom. The molecule has 0 aliphatic heterocycles. The van der Waals surface area contributed by atoms with Crippen molar-refractivity contribution in [2.75, 3.05) is 5.32 Å². The highest BCUT2D eigenvalue weighted by Crippen LogP contribution is 2.25. The summed E-state index contributed by atoms with van der Waals surface area (Å²) in [5, 5.41) is 5.05. The van der Waals surface area contributed by atoms with Crippen LogP contribution in [0.25, 0.3) is 16.2 Å². The molecule has 0 saturated carbocycles. The molecule has 2 aromatic heterocycles. The molecular weight excluding hydrogens is 294 g/mol. The number of thiazole rings is 1. The van der Waals surface area contributed by atoms with Crippen molar-refractivity contribution in [2.45, 2.75) is 33.1 Å². The second-order valence-corrected chi connectivity index (χ2v) is 6.22. The molecule has 0 saturated heterocycles. The Balaban J connectivity index is 1.82. The van der Waals surface area contributed by atoms with Gasteiger partial charge in [-0.2, -0.15) is 0 Å². The highest BCUT2D eigenvalue weighted by Gasteiger charge is 2.09. The maximum absolute atomic E-state index is 11.8. The van der Waals surface area contributed by atoms with Crippen LogP contribution in [0, 0.1) is 6.92 Å². The summed E-state index contributed by atoms with van der Waals surface area (Å²) < 4.78 is 2.09. The topological polar surface area (TPSA) is 46.4 Å². The fourth-order valence-corrected chi connectivity index (χ4v) is 3.20. The highest BCUT2D eigenvalue weighted by atomic mass is 32.1. The van der Waals surface area contributed by atoms with Crippen LogP contribution < -0.4 is 5.32 Å². The second-order valence-electron chi connectivity index (χ2n) is 5.39. The Labute approximate surface area is 133 Å². The number of anilines is 1. The molecule has 4 nitrogen and oxygen atoms in total. The molecular formula is C17H19N3OS. The van der Waals surface area contributed by atoms with Crippen molar-refractivity contribution in [1.82, 2.24) is 9.38 Å². The third kappa shape index (κ3) is 3.04. The normalized spacial score (nSPS) is 11.0. The summed E-state index contributed by atoms with van der Waals surface area (Å²) >= 11 is 1.64. The van der Waals surface area contributed by atoms with Gasteiger partial charge in [0.15, 0.2) is 4.96 Å². The number of unbranched alkanes of at least 4 members (excludes halogenated alkanes) is 1. The van der Waals surface area contributed by atoms with Crippen molar-refractivity contribution in [3.8, 4) is 11.3 Å². The summed E-state index contributed by atoms with van der Waals surface area (Å²) in [5.41, 5.74) is 3.96. The Hall–Kier alpha value is -2.14. The van der Waals surface area contributed by atoms with Crippen molar-refractivity contribution in [3.05, 3.63) is 41.5 Å². The van der Waals surface area contributed by atoms with Gasteiger partial charge in [-0.1, -0.05) is 25.5 Å². The Morgan fingerprint density at radius 2 is 2.27 bits per heavy atom. The number of rotatable bonds is 5. The van der Waals surface area contributed by atoms with Crippen molar-refractivity contribution in [1.29, 1.82) is 0 Å². The molecule has 0 atom stereocenters. The second kappa shape index (κ2) is 6.32. The zero-order valence-corrected chi connectivity index (χ0v) is 13.6. The minimum atomic E-state index is 0.0701. The summed E-state index contributed by atoms with van der Waals surface area (Å²) in [6.07, 6.45) is 4.56. The van der Waals surface area contributed by atoms with Crippen molar-refractivity contribution in [3.63, 3.8) is 0 Å². The van der Waals surface area contributed by atoms with E-state index in [2.05, 4.69) is 33.9 Å². The van der Waals surface area contributed by atoms with Crippen LogP contribution >= 0.6 is 11.3 Å². The molecule has 22 heavy (non-hydrogen) atoms. The third-order valence-electron chi connectivity index (χ3n) is 3.59. The van der Waals surface area contributed by atoms with Gasteiger partial charge in [0.25, 0.3) is 0 Å². The van der Waals surface area contributed by atoms with Gasteiger partial charge in [0.1, 0.15) is 0 Å². The van der Waals surface area contributed by atoms with Gasteiger partial charge in [-0.3, -0.25) is 9.20 Å². The van der Waals surface area contributed by atoms with E-state index >= 15 is 0 Å². The molecule has 0 unspecified atom stereocenters. The van der Waals surface area contributed by atoms with E-state index in [9.17, 15) is 4.79 Å². The number of fused-ring (bicyclic) bond motifs is 1. The predicted octanol–water partition coefficient (Wildman–Crippen LogP) is 4.50. The molecule has 1 amide bonds. The van der Waals surface area contributed by atoms with Crippen LogP contribution in [0.15, 0.2) is 35.8 Å². The summed E-state index contributed by atoms with van der Waals surface area (Å²) in [5.74, 6) is 0.0701. The van der Waals surface area contributed by atoms with Crippen LogP contribution in [0.2, 0.25) is 0 Å². The van der Waals surface area contributed by atoms with Gasteiger partial charge in [0.2, 0.25) is 5.91 Å². The maximum Gasteiger partial charge on any atom is 0.224 e. The van der Waals surface area contributed by atoms with E-state index in [4.69, 9.17) is 0 Å². The lowest BCUT2D eigenvalue weighted by Crippen LogP contribution is -2.10. The standard InChI is InChI=1S/C17H19N3OS/c1-3-4-8-16(21)18-14-7-5-6-13(9-14)15-10-20-12(2)11-22-17(20)19-15/h5-7,9-11H,3-4,8H2,1-2H3,(H,18,21). The fourth-order valence-electron chi connectivity index (χ4n) is 2.35. The van der Waals surface area contributed by atoms with E-state index in [0.29, 0.717) is 6.42 Å². The monoisotopic (exact) mass is 313 g/mol. The minimum absolute atomic E-state index is 0.0701. The average molecular weight is 313 g/mol. The summed E-state index contributed by atoms with van der Waals surface area (Å²) in [6, 6.07) is 7.86. The predicted molar refractivity (Wildman–Crippen MR) is 91.4 cm³/mol. The molecule has 3 rings (SSSR count). The molecule has 114 valence electrons. The van der Waals surface area contributed by atoms with Crippen molar-refractivity contribution >= 4 is 27.9 Å². The van der Waals surface area contributed by atoms with Gasteiger partial charge < -0.3 is 5.32 Å². The van der Waals surface area contributed by atoms with Crippen LogP contribution in [0.5, 0.6) is 0 Å². The van der Waals surface area contributed by atoms with Gasteiger partial charge in [-0.05, 0) is 25.5 Å². The number of aromatic nitrogens is 2. The molecule has 3 aromatic rings. The number of benzene rings is 1. The number of aryl methyl sites for hydroxylation is 1. The quantitative estimate of drug-likeness (QED) is 0.754. The number of nitrogens with zero attached hydrogens (tertiary/aromatic N) is 2. The fraction of sp³-hybridized carbons (Fsp3) is 0.294. The van der Waals surface area contributed by atoms with Gasteiger partial charge in [-0.25, -0.2) is 4.98 Å². The number of hydrogen-bond acceptors (Lipinski definition) is 3. The molecule has 0 bridgehead atoms. The molecule has 0 radical (unpaired) electrons. The molecule has 1 aromatic carbocycles. The first kappa shape index (κ1) is 14.8. The van der Waals surface area contributed by atoms with E-state index in [1.807, 2.05) is 30.5 Å². The molecule has 0 aliphatic rings. The highest BCUT2D eigenvalue weighted by molar-refractivity contribution is 7.15. The van der Waals surface area contributed by atoms with Crippen molar-refractivity contribution in [2.24, 2.45) is 0 Å². The van der Waals surface area contributed by atoms with Crippen LogP contribution in [0.3, 0.4) is 0 Å². The number of carbonyl (C=O) groups excluding carboxylic acids is 1. The SMILES string of the molecule is CCCCC(=O)Nc1cccc(-c2cn3c(C)csc3n2)c1. The Morgan fingerprint density at radius 1 is 1.41 bits per heavy atom. The lowest BCUT2D eigenvalue weighted by atomic mass is 10.1. The van der Waals surface area contributed by atoms with Crippen LogP contribution in [-0.4, -0.2) is 15.3 Å². The maximum atomic E-state index is 11.8. The van der Waals surface area contributed by atoms with E-state index in [1.165, 1.54) is 5.69 Å². The first-order valence-corrected chi connectivity index (χ1v) is 8.39. The first-order valence-electron chi connectivity index (χ1n) is 7.51. The van der Waals surface area contributed by atoms with Crippen molar-refractivity contribution < 1.29 is 4.79 Å². The summed E-state index contributed by atoms with van der Waals surface area (Å²) in [7, 11) is 0. The van der Waals surface area contributed by atoms with Gasteiger partial charge in [0, 0.05) is 34.9 Å². The number of imidazole rings is 1. The van der Waals surface area contributed by atoms with E-state index in [-0.39, 0.29) is 5.91 Å². The summed E-state index contributed by atoms with van der Waals surface area (Å²) in [6.45, 7) is 4.15. The van der Waals surface area contributed by atoms with E-state index in [0.717, 1.165) is 34.7 Å². The van der Waals surface area contributed by atoms with Crippen LogP contribution in [0.1, 0.15) is 31.9 Å². The average Bonchev–Trinajstić information content (AvgIpc) is 3.08. The zero-order valence-electron chi connectivity index (χ0n) is 12.8. The Bertz CT molecular complexity index is 803. The molecule has 0 spiro atoms. The lowest BCUT2D eigenvalue weighted by molar-refractivity contribution is -0.116.